The summed E-state index contributed by atoms with van der Waals surface area (Å²) in [5.41, 5.74) is 0.154. The number of amides is 1. The second-order valence-corrected chi connectivity index (χ2v) is 5.64. The largest absolute Gasteiger partial charge is 0.444 e. The van der Waals surface area contributed by atoms with Gasteiger partial charge in [-0.25, -0.2) is 9.18 Å². The van der Waals surface area contributed by atoms with Gasteiger partial charge in [0.25, 0.3) is 0 Å². The summed E-state index contributed by atoms with van der Waals surface area (Å²) in [5, 5.41) is 12.5. The summed E-state index contributed by atoms with van der Waals surface area (Å²) >= 11 is 0. The Labute approximate surface area is 119 Å². The van der Waals surface area contributed by atoms with Crippen molar-refractivity contribution in [1.29, 1.82) is 0 Å². The number of halogens is 1. The first-order valence-corrected chi connectivity index (χ1v) is 6.68. The topological polar surface area (TPSA) is 58.6 Å². The molecule has 4 nitrogen and oxygen atoms in total. The lowest BCUT2D eigenvalue weighted by Gasteiger charge is -2.19. The van der Waals surface area contributed by atoms with E-state index in [1.807, 2.05) is 0 Å². The number of hydrogen-bond donors (Lipinski definition) is 2. The van der Waals surface area contributed by atoms with Gasteiger partial charge >= 0.3 is 6.09 Å². The zero-order chi connectivity index (χ0) is 15.2. The molecule has 1 rings (SSSR count). The molecule has 112 valence electrons. The summed E-state index contributed by atoms with van der Waals surface area (Å²) in [4.78, 5) is 11.4. The van der Waals surface area contributed by atoms with Crippen molar-refractivity contribution in [3.05, 3.63) is 35.6 Å². The SMILES string of the molecule is CC(C)(C)OC(=O)NCCCC(O)c1ccc(F)cc1. The van der Waals surface area contributed by atoms with Gasteiger partial charge in [-0.15, -0.1) is 0 Å². The summed E-state index contributed by atoms with van der Waals surface area (Å²) in [6, 6.07) is 5.75. The summed E-state index contributed by atoms with van der Waals surface area (Å²) in [7, 11) is 0. The Bertz CT molecular complexity index is 426. The number of carbonyl (C=O) groups is 1. The molecule has 20 heavy (non-hydrogen) atoms. The minimum absolute atomic E-state index is 0.326. The van der Waals surface area contributed by atoms with Crippen LogP contribution in [0.5, 0.6) is 0 Å². The average Bonchev–Trinajstić information content (AvgIpc) is 2.33. The van der Waals surface area contributed by atoms with Crippen LogP contribution >= 0.6 is 0 Å². The summed E-state index contributed by atoms with van der Waals surface area (Å²) in [6.07, 6.45) is -0.0241. The normalized spacial score (nSPS) is 12.8. The van der Waals surface area contributed by atoms with Crippen molar-refractivity contribution in [3.8, 4) is 0 Å². The maximum absolute atomic E-state index is 12.7. The molecule has 5 heteroatoms. The van der Waals surface area contributed by atoms with E-state index in [4.69, 9.17) is 4.74 Å². The van der Waals surface area contributed by atoms with Crippen molar-refractivity contribution < 1.29 is 19.0 Å². The van der Waals surface area contributed by atoms with Crippen LogP contribution < -0.4 is 5.32 Å². The van der Waals surface area contributed by atoms with E-state index < -0.39 is 17.8 Å². The Morgan fingerprint density at radius 1 is 1.35 bits per heavy atom. The van der Waals surface area contributed by atoms with Crippen molar-refractivity contribution in [2.24, 2.45) is 0 Å². The van der Waals surface area contributed by atoms with Crippen LogP contribution in [0.1, 0.15) is 45.3 Å². The van der Waals surface area contributed by atoms with Gasteiger partial charge in [-0.3, -0.25) is 0 Å². The molecule has 0 radical (unpaired) electrons. The van der Waals surface area contributed by atoms with E-state index in [-0.39, 0.29) is 5.82 Å². The van der Waals surface area contributed by atoms with Crippen molar-refractivity contribution >= 4 is 6.09 Å². The third-order valence-corrected chi connectivity index (χ3v) is 2.58. The van der Waals surface area contributed by atoms with E-state index in [0.717, 1.165) is 0 Å². The predicted molar refractivity (Wildman–Crippen MR) is 74.8 cm³/mol. The lowest BCUT2D eigenvalue weighted by atomic mass is 10.1. The third-order valence-electron chi connectivity index (χ3n) is 2.58. The van der Waals surface area contributed by atoms with Crippen LogP contribution in [0.3, 0.4) is 0 Å². The average molecular weight is 283 g/mol. The molecule has 0 aromatic heterocycles. The zero-order valence-electron chi connectivity index (χ0n) is 12.1. The molecule has 0 bridgehead atoms. The Kier molecular flexibility index (Phi) is 5.95. The molecule has 0 aliphatic carbocycles. The lowest BCUT2D eigenvalue weighted by molar-refractivity contribution is 0.0523. The predicted octanol–water partition coefficient (Wildman–Crippen LogP) is 3.16. The van der Waals surface area contributed by atoms with Gasteiger partial charge in [0.05, 0.1) is 6.10 Å². The molecule has 0 aliphatic heterocycles. The van der Waals surface area contributed by atoms with E-state index in [1.54, 1.807) is 32.9 Å². The smallest absolute Gasteiger partial charge is 0.407 e. The monoisotopic (exact) mass is 283 g/mol. The van der Waals surface area contributed by atoms with E-state index in [9.17, 15) is 14.3 Å². The highest BCUT2D eigenvalue weighted by atomic mass is 19.1. The molecule has 2 N–H and O–H groups in total. The highest BCUT2D eigenvalue weighted by Crippen LogP contribution is 2.18. The number of ether oxygens (including phenoxy) is 1. The Hall–Kier alpha value is -1.62. The first-order chi connectivity index (χ1) is 9.28. The molecule has 0 heterocycles. The third kappa shape index (κ3) is 6.52. The molecule has 0 aliphatic rings. The van der Waals surface area contributed by atoms with E-state index >= 15 is 0 Å². The molecule has 0 saturated carbocycles. The summed E-state index contributed by atoms with van der Waals surface area (Å²) in [6.45, 7) is 5.81. The fourth-order valence-electron chi connectivity index (χ4n) is 1.65. The molecular weight excluding hydrogens is 261 g/mol. The van der Waals surface area contributed by atoms with E-state index in [1.165, 1.54) is 12.1 Å². The highest BCUT2D eigenvalue weighted by Gasteiger charge is 2.15. The Morgan fingerprint density at radius 2 is 1.95 bits per heavy atom. The summed E-state index contributed by atoms with van der Waals surface area (Å²) in [5.74, 6) is -0.326. The van der Waals surface area contributed by atoms with Crippen molar-refractivity contribution in [3.63, 3.8) is 0 Å². The molecular formula is C15H22FNO3. The summed E-state index contributed by atoms with van der Waals surface area (Å²) < 4.78 is 17.8. The Balaban J connectivity index is 2.24. The first-order valence-electron chi connectivity index (χ1n) is 6.68. The van der Waals surface area contributed by atoms with Crippen molar-refractivity contribution in [2.75, 3.05) is 6.54 Å². The fourth-order valence-corrected chi connectivity index (χ4v) is 1.65. The molecule has 1 aromatic carbocycles. The minimum Gasteiger partial charge on any atom is -0.444 e. The van der Waals surface area contributed by atoms with Crippen LogP contribution in [0.25, 0.3) is 0 Å². The van der Waals surface area contributed by atoms with Gasteiger partial charge in [-0.1, -0.05) is 12.1 Å². The first kappa shape index (κ1) is 16.4. The van der Waals surface area contributed by atoms with E-state index in [2.05, 4.69) is 5.32 Å². The molecule has 0 spiro atoms. The second kappa shape index (κ2) is 7.24. The van der Waals surface area contributed by atoms with Crippen LogP contribution in [0.15, 0.2) is 24.3 Å². The van der Waals surface area contributed by atoms with Gasteiger partial charge in [-0.05, 0) is 51.3 Å². The van der Waals surface area contributed by atoms with E-state index in [0.29, 0.717) is 24.9 Å². The number of benzene rings is 1. The van der Waals surface area contributed by atoms with Gasteiger partial charge < -0.3 is 15.2 Å². The van der Waals surface area contributed by atoms with Gasteiger partial charge in [0, 0.05) is 6.54 Å². The number of hydrogen-bond acceptors (Lipinski definition) is 3. The number of rotatable bonds is 5. The number of carbonyl (C=O) groups excluding carboxylic acids is 1. The maximum Gasteiger partial charge on any atom is 0.407 e. The molecule has 1 unspecified atom stereocenters. The highest BCUT2D eigenvalue weighted by molar-refractivity contribution is 5.67. The van der Waals surface area contributed by atoms with Crippen molar-refractivity contribution in [2.45, 2.75) is 45.3 Å². The molecule has 0 saturated heterocycles. The quantitative estimate of drug-likeness (QED) is 0.816. The number of aliphatic hydroxyl groups excluding tert-OH is 1. The number of nitrogens with one attached hydrogen (secondary N) is 1. The standard InChI is InChI=1S/C15H22FNO3/c1-15(2,3)20-14(19)17-10-4-5-13(18)11-6-8-12(16)9-7-11/h6-9,13,18H,4-5,10H2,1-3H3,(H,17,19). The fraction of sp³-hybridized carbons (Fsp3) is 0.533. The molecule has 1 atom stereocenters. The molecule has 1 amide bonds. The molecule has 1 aromatic rings. The van der Waals surface area contributed by atoms with Gasteiger partial charge in [0.1, 0.15) is 11.4 Å². The lowest BCUT2D eigenvalue weighted by Crippen LogP contribution is -2.33. The minimum atomic E-state index is -0.656. The number of alkyl carbamates (subject to hydrolysis) is 1. The van der Waals surface area contributed by atoms with Crippen LogP contribution in [0.4, 0.5) is 9.18 Å². The van der Waals surface area contributed by atoms with Gasteiger partial charge in [0.2, 0.25) is 0 Å². The van der Waals surface area contributed by atoms with Crippen LogP contribution in [-0.4, -0.2) is 23.3 Å². The Morgan fingerprint density at radius 3 is 2.50 bits per heavy atom. The maximum atomic E-state index is 12.7. The second-order valence-electron chi connectivity index (χ2n) is 5.64. The molecule has 0 fully saturated rings. The van der Waals surface area contributed by atoms with Crippen LogP contribution in [0.2, 0.25) is 0 Å². The number of aliphatic hydroxyl groups is 1. The van der Waals surface area contributed by atoms with Crippen molar-refractivity contribution in [1.82, 2.24) is 5.32 Å². The zero-order valence-corrected chi connectivity index (χ0v) is 12.1. The van der Waals surface area contributed by atoms with Gasteiger partial charge in [0.15, 0.2) is 0 Å². The van der Waals surface area contributed by atoms with Crippen LogP contribution in [0, 0.1) is 5.82 Å². The van der Waals surface area contributed by atoms with Gasteiger partial charge in [-0.2, -0.15) is 0 Å². The van der Waals surface area contributed by atoms with Crippen LogP contribution in [-0.2, 0) is 4.74 Å².